The standard InChI is InChI=1S/C18H12ClN3OS2/c1-24-14-8-2-11(3-9-14)10-15-17(23)22-18(25-15)20-16(21-22)12-4-6-13(19)7-5-12/h2-10H,1H3/b15-10+. The summed E-state index contributed by atoms with van der Waals surface area (Å²) in [5.41, 5.74) is 1.66. The van der Waals surface area contributed by atoms with Crippen molar-refractivity contribution in [3.63, 3.8) is 0 Å². The lowest BCUT2D eigenvalue weighted by atomic mass is 10.2. The molecule has 25 heavy (non-hydrogen) atoms. The van der Waals surface area contributed by atoms with Crippen molar-refractivity contribution < 1.29 is 0 Å². The fourth-order valence-electron chi connectivity index (χ4n) is 2.41. The van der Waals surface area contributed by atoms with Crippen molar-refractivity contribution in [1.29, 1.82) is 0 Å². The summed E-state index contributed by atoms with van der Waals surface area (Å²) in [4.78, 5) is 18.8. The van der Waals surface area contributed by atoms with Crippen molar-refractivity contribution in [2.24, 2.45) is 0 Å². The van der Waals surface area contributed by atoms with Gasteiger partial charge in [0.2, 0.25) is 4.96 Å². The first kappa shape index (κ1) is 16.3. The van der Waals surface area contributed by atoms with Crippen LogP contribution in [0.3, 0.4) is 0 Å². The Morgan fingerprint density at radius 3 is 2.48 bits per heavy atom. The van der Waals surface area contributed by atoms with Crippen LogP contribution in [0.15, 0.2) is 58.2 Å². The first-order valence-corrected chi connectivity index (χ1v) is 9.87. The summed E-state index contributed by atoms with van der Waals surface area (Å²) in [5, 5.41) is 4.99. The van der Waals surface area contributed by atoms with Crippen LogP contribution in [0, 0.1) is 0 Å². The van der Waals surface area contributed by atoms with Gasteiger partial charge < -0.3 is 0 Å². The Balaban J connectivity index is 1.76. The number of thioether (sulfide) groups is 1. The van der Waals surface area contributed by atoms with Gasteiger partial charge >= 0.3 is 0 Å². The maximum Gasteiger partial charge on any atom is 0.291 e. The molecule has 0 unspecified atom stereocenters. The zero-order valence-corrected chi connectivity index (χ0v) is 15.5. The van der Waals surface area contributed by atoms with Crippen molar-refractivity contribution in [3.8, 4) is 11.4 Å². The first-order valence-electron chi connectivity index (χ1n) is 7.45. The van der Waals surface area contributed by atoms with E-state index in [0.717, 1.165) is 11.1 Å². The molecule has 7 heteroatoms. The molecule has 2 aromatic heterocycles. The van der Waals surface area contributed by atoms with E-state index in [-0.39, 0.29) is 5.56 Å². The fourth-order valence-corrected chi connectivity index (χ4v) is 3.85. The molecule has 0 saturated heterocycles. The molecule has 0 atom stereocenters. The number of hydrogen-bond acceptors (Lipinski definition) is 5. The predicted octanol–water partition coefficient (Wildman–Crippen LogP) is 3.74. The second-order valence-corrected chi connectivity index (χ2v) is 7.65. The lowest BCUT2D eigenvalue weighted by Crippen LogP contribution is -2.23. The lowest BCUT2D eigenvalue weighted by Gasteiger charge is -1.95. The highest BCUT2D eigenvalue weighted by Gasteiger charge is 2.11. The Bertz CT molecular complexity index is 1150. The molecule has 0 fully saturated rings. The summed E-state index contributed by atoms with van der Waals surface area (Å²) < 4.78 is 1.98. The third kappa shape index (κ3) is 3.20. The van der Waals surface area contributed by atoms with Crippen molar-refractivity contribution in [1.82, 2.24) is 14.6 Å². The maximum atomic E-state index is 12.6. The summed E-state index contributed by atoms with van der Waals surface area (Å²) in [7, 11) is 0. The SMILES string of the molecule is CSc1ccc(/C=c2/sc3nc(-c4ccc(Cl)cc4)nn3c2=O)cc1. The Hall–Kier alpha value is -2.15. The number of hydrogen-bond donors (Lipinski definition) is 0. The van der Waals surface area contributed by atoms with Gasteiger partial charge in [0, 0.05) is 15.5 Å². The number of thiazole rings is 1. The number of aromatic nitrogens is 3. The van der Waals surface area contributed by atoms with Crippen LogP contribution in [0.25, 0.3) is 22.4 Å². The van der Waals surface area contributed by atoms with Gasteiger partial charge in [-0.2, -0.15) is 9.50 Å². The molecule has 2 aromatic carbocycles. The van der Waals surface area contributed by atoms with Crippen molar-refractivity contribution >= 4 is 45.7 Å². The predicted molar refractivity (Wildman–Crippen MR) is 105 cm³/mol. The van der Waals surface area contributed by atoms with Gasteiger partial charge in [-0.15, -0.1) is 16.9 Å². The molecule has 124 valence electrons. The Morgan fingerprint density at radius 2 is 1.84 bits per heavy atom. The molecule has 0 aliphatic heterocycles. The van der Waals surface area contributed by atoms with Crippen LogP contribution in [-0.2, 0) is 0 Å². The highest BCUT2D eigenvalue weighted by molar-refractivity contribution is 7.98. The summed E-state index contributed by atoms with van der Waals surface area (Å²) in [6, 6.07) is 15.3. The quantitative estimate of drug-likeness (QED) is 0.504. The second-order valence-electron chi connectivity index (χ2n) is 5.33. The molecule has 0 amide bonds. The summed E-state index contributed by atoms with van der Waals surface area (Å²) in [5.74, 6) is 0.524. The average molecular weight is 386 g/mol. The smallest absolute Gasteiger partial charge is 0.266 e. The summed E-state index contributed by atoms with van der Waals surface area (Å²) in [6.07, 6.45) is 3.90. The number of benzene rings is 2. The van der Waals surface area contributed by atoms with Crippen LogP contribution in [0.5, 0.6) is 0 Å². The Morgan fingerprint density at radius 1 is 1.12 bits per heavy atom. The van der Waals surface area contributed by atoms with Gasteiger partial charge in [0.1, 0.15) is 0 Å². The average Bonchev–Trinajstić information content (AvgIpc) is 3.16. The van der Waals surface area contributed by atoms with Gasteiger partial charge in [0.15, 0.2) is 5.82 Å². The normalized spacial score (nSPS) is 12.2. The van der Waals surface area contributed by atoms with Crippen molar-refractivity contribution in [2.45, 2.75) is 4.90 Å². The van der Waals surface area contributed by atoms with Crippen LogP contribution in [0.1, 0.15) is 5.56 Å². The molecule has 2 heterocycles. The molecule has 0 aliphatic carbocycles. The molecule has 4 nitrogen and oxygen atoms in total. The lowest BCUT2D eigenvalue weighted by molar-refractivity contribution is 0.937. The van der Waals surface area contributed by atoms with E-state index >= 15 is 0 Å². The van der Waals surface area contributed by atoms with E-state index < -0.39 is 0 Å². The van der Waals surface area contributed by atoms with Crippen molar-refractivity contribution in [3.05, 3.63) is 74.0 Å². The molecule has 0 aliphatic rings. The minimum absolute atomic E-state index is 0.151. The number of fused-ring (bicyclic) bond motifs is 1. The molecular formula is C18H12ClN3OS2. The Kier molecular flexibility index (Phi) is 4.33. The third-order valence-electron chi connectivity index (χ3n) is 3.70. The maximum absolute atomic E-state index is 12.6. The minimum atomic E-state index is -0.151. The van der Waals surface area contributed by atoms with E-state index in [9.17, 15) is 4.79 Å². The van der Waals surface area contributed by atoms with Gasteiger partial charge in [0.05, 0.1) is 4.53 Å². The molecule has 0 N–H and O–H groups in total. The number of halogens is 1. The topological polar surface area (TPSA) is 47.3 Å². The Labute approximate surface area is 156 Å². The van der Waals surface area contributed by atoms with Gasteiger partial charge in [-0.05, 0) is 54.3 Å². The van der Waals surface area contributed by atoms with Gasteiger partial charge in [0.25, 0.3) is 5.56 Å². The highest BCUT2D eigenvalue weighted by atomic mass is 35.5. The molecule has 0 radical (unpaired) electrons. The zero-order chi connectivity index (χ0) is 17.4. The van der Waals surface area contributed by atoms with Gasteiger partial charge in [-0.25, -0.2) is 0 Å². The van der Waals surface area contributed by atoms with E-state index in [1.54, 1.807) is 23.9 Å². The van der Waals surface area contributed by atoms with E-state index in [4.69, 9.17) is 11.6 Å². The summed E-state index contributed by atoms with van der Waals surface area (Å²) >= 11 is 8.92. The van der Waals surface area contributed by atoms with Crippen LogP contribution in [-0.4, -0.2) is 20.9 Å². The van der Waals surface area contributed by atoms with Gasteiger partial charge in [-0.3, -0.25) is 4.79 Å². The number of rotatable bonds is 3. The monoisotopic (exact) mass is 385 g/mol. The second kappa shape index (κ2) is 6.63. The van der Waals surface area contributed by atoms with Crippen LogP contribution in [0.4, 0.5) is 0 Å². The molecule has 0 spiro atoms. The molecule has 4 aromatic rings. The molecule has 0 saturated carbocycles. The minimum Gasteiger partial charge on any atom is -0.266 e. The largest absolute Gasteiger partial charge is 0.291 e. The molecule has 0 bridgehead atoms. The number of nitrogens with zero attached hydrogens (tertiary/aromatic N) is 3. The van der Waals surface area contributed by atoms with E-state index in [1.165, 1.54) is 20.7 Å². The van der Waals surface area contributed by atoms with E-state index in [1.807, 2.05) is 48.7 Å². The van der Waals surface area contributed by atoms with Crippen molar-refractivity contribution in [2.75, 3.05) is 6.26 Å². The van der Waals surface area contributed by atoms with E-state index in [0.29, 0.717) is 20.3 Å². The van der Waals surface area contributed by atoms with Crippen LogP contribution < -0.4 is 10.1 Å². The van der Waals surface area contributed by atoms with Crippen LogP contribution >= 0.6 is 34.7 Å². The zero-order valence-electron chi connectivity index (χ0n) is 13.1. The highest BCUT2D eigenvalue weighted by Crippen LogP contribution is 2.19. The molecular weight excluding hydrogens is 374 g/mol. The van der Waals surface area contributed by atoms with Crippen LogP contribution in [0.2, 0.25) is 5.02 Å². The third-order valence-corrected chi connectivity index (χ3v) is 5.65. The van der Waals surface area contributed by atoms with E-state index in [2.05, 4.69) is 10.1 Å². The summed E-state index contributed by atoms with van der Waals surface area (Å²) in [6.45, 7) is 0. The molecule has 4 rings (SSSR count). The fraction of sp³-hybridized carbons (Fsp3) is 0.0556. The first-order chi connectivity index (χ1) is 12.1. The van der Waals surface area contributed by atoms with Gasteiger partial charge in [-0.1, -0.05) is 35.1 Å².